The molecule has 19 heavy (non-hydrogen) atoms. The van der Waals surface area contributed by atoms with Gasteiger partial charge < -0.3 is 15.2 Å². The quantitative estimate of drug-likeness (QED) is 0.770. The Morgan fingerprint density at radius 1 is 1.37 bits per heavy atom. The van der Waals surface area contributed by atoms with Crippen LogP contribution in [0.2, 0.25) is 0 Å². The largest absolute Gasteiger partial charge is 0.481 e. The summed E-state index contributed by atoms with van der Waals surface area (Å²) >= 11 is 0. The number of carboxylic acids is 1. The SMILES string of the molecule is CCC(C)(C)C(=O)NCC(C(=O)O)C1CCOCC1. The summed E-state index contributed by atoms with van der Waals surface area (Å²) in [5, 5.41) is 12.1. The number of nitrogens with one attached hydrogen (secondary N) is 1. The van der Waals surface area contributed by atoms with Crippen molar-refractivity contribution in [1.29, 1.82) is 0 Å². The Morgan fingerprint density at radius 2 is 1.95 bits per heavy atom. The molecule has 0 aromatic carbocycles. The number of ether oxygens (including phenoxy) is 1. The topological polar surface area (TPSA) is 75.6 Å². The molecule has 1 atom stereocenters. The lowest BCUT2D eigenvalue weighted by Crippen LogP contribution is -2.43. The molecule has 0 aliphatic carbocycles. The van der Waals surface area contributed by atoms with Gasteiger partial charge in [0.05, 0.1) is 5.92 Å². The molecule has 1 amide bonds. The third kappa shape index (κ3) is 4.49. The zero-order valence-corrected chi connectivity index (χ0v) is 12.1. The lowest BCUT2D eigenvalue weighted by atomic mass is 9.85. The van der Waals surface area contributed by atoms with Gasteiger partial charge in [0.25, 0.3) is 0 Å². The lowest BCUT2D eigenvalue weighted by molar-refractivity contribution is -0.145. The minimum Gasteiger partial charge on any atom is -0.481 e. The van der Waals surface area contributed by atoms with E-state index in [0.717, 1.165) is 19.3 Å². The molecule has 1 aliphatic heterocycles. The summed E-state index contributed by atoms with van der Waals surface area (Å²) in [5.74, 6) is -1.33. The molecule has 1 fully saturated rings. The van der Waals surface area contributed by atoms with Gasteiger partial charge in [-0.2, -0.15) is 0 Å². The van der Waals surface area contributed by atoms with Gasteiger partial charge in [-0.25, -0.2) is 0 Å². The Kier molecular flexibility index (Phi) is 5.79. The van der Waals surface area contributed by atoms with E-state index in [4.69, 9.17) is 4.74 Å². The standard InChI is InChI=1S/C14H25NO4/c1-4-14(2,3)13(18)15-9-11(12(16)17)10-5-7-19-8-6-10/h10-11H,4-9H2,1-3H3,(H,15,18)(H,16,17). The summed E-state index contributed by atoms with van der Waals surface area (Å²) in [5.41, 5.74) is -0.446. The first-order chi connectivity index (χ1) is 8.88. The molecule has 1 aliphatic rings. The highest BCUT2D eigenvalue weighted by atomic mass is 16.5. The number of amides is 1. The fourth-order valence-electron chi connectivity index (χ4n) is 2.18. The minimum atomic E-state index is -0.832. The Balaban J connectivity index is 2.55. The summed E-state index contributed by atoms with van der Waals surface area (Å²) < 4.78 is 5.25. The van der Waals surface area contributed by atoms with Crippen LogP contribution in [0.4, 0.5) is 0 Å². The van der Waals surface area contributed by atoms with Crippen molar-refractivity contribution < 1.29 is 19.4 Å². The van der Waals surface area contributed by atoms with Crippen molar-refractivity contribution in [2.45, 2.75) is 40.0 Å². The van der Waals surface area contributed by atoms with Gasteiger partial charge in [-0.1, -0.05) is 20.8 Å². The molecule has 0 aromatic heterocycles. The van der Waals surface area contributed by atoms with E-state index in [-0.39, 0.29) is 18.4 Å². The van der Waals surface area contributed by atoms with Gasteiger partial charge in [-0.15, -0.1) is 0 Å². The van der Waals surface area contributed by atoms with E-state index in [1.54, 1.807) is 0 Å². The molecule has 1 unspecified atom stereocenters. The zero-order chi connectivity index (χ0) is 14.5. The van der Waals surface area contributed by atoms with Crippen LogP contribution in [0.15, 0.2) is 0 Å². The Bertz CT molecular complexity index is 321. The van der Waals surface area contributed by atoms with Crippen LogP contribution < -0.4 is 5.32 Å². The Labute approximate surface area is 114 Å². The summed E-state index contributed by atoms with van der Waals surface area (Å²) in [4.78, 5) is 23.3. The predicted molar refractivity (Wildman–Crippen MR) is 71.8 cm³/mol. The maximum atomic E-state index is 12.0. The van der Waals surface area contributed by atoms with E-state index in [1.807, 2.05) is 20.8 Å². The normalized spacial score (nSPS) is 18.9. The van der Waals surface area contributed by atoms with Crippen molar-refractivity contribution in [3.8, 4) is 0 Å². The molecule has 0 aromatic rings. The average molecular weight is 271 g/mol. The molecule has 2 N–H and O–H groups in total. The van der Waals surface area contributed by atoms with Crippen molar-refractivity contribution in [3.63, 3.8) is 0 Å². The molecular weight excluding hydrogens is 246 g/mol. The minimum absolute atomic E-state index is 0.0756. The molecular formula is C14H25NO4. The fraction of sp³-hybridized carbons (Fsp3) is 0.857. The van der Waals surface area contributed by atoms with Crippen LogP contribution in [0.1, 0.15) is 40.0 Å². The number of hydrogen-bond acceptors (Lipinski definition) is 3. The number of carbonyl (C=O) groups is 2. The zero-order valence-electron chi connectivity index (χ0n) is 12.1. The van der Waals surface area contributed by atoms with Gasteiger partial charge in [0, 0.05) is 25.2 Å². The first-order valence-corrected chi connectivity index (χ1v) is 6.97. The van der Waals surface area contributed by atoms with Crippen LogP contribution in [0.25, 0.3) is 0 Å². The highest BCUT2D eigenvalue weighted by Crippen LogP contribution is 2.25. The van der Waals surface area contributed by atoms with Crippen LogP contribution in [0.5, 0.6) is 0 Å². The number of carbonyl (C=O) groups excluding carboxylic acids is 1. The van der Waals surface area contributed by atoms with E-state index in [1.165, 1.54) is 0 Å². The third-order valence-corrected chi connectivity index (χ3v) is 4.13. The van der Waals surface area contributed by atoms with Crippen LogP contribution in [0, 0.1) is 17.3 Å². The summed E-state index contributed by atoms with van der Waals surface area (Å²) in [6.45, 7) is 7.12. The molecule has 0 saturated carbocycles. The second kappa shape index (κ2) is 6.89. The van der Waals surface area contributed by atoms with E-state index < -0.39 is 17.3 Å². The Hall–Kier alpha value is -1.10. The van der Waals surface area contributed by atoms with Crippen molar-refractivity contribution in [3.05, 3.63) is 0 Å². The van der Waals surface area contributed by atoms with E-state index in [2.05, 4.69) is 5.32 Å². The second-order valence-corrected chi connectivity index (χ2v) is 5.84. The van der Waals surface area contributed by atoms with Gasteiger partial charge in [0.2, 0.25) is 5.91 Å². The molecule has 1 heterocycles. The maximum absolute atomic E-state index is 12.0. The summed E-state index contributed by atoms with van der Waals surface area (Å²) in [7, 11) is 0. The van der Waals surface area contributed by atoms with Crippen LogP contribution in [-0.4, -0.2) is 36.7 Å². The van der Waals surface area contributed by atoms with Gasteiger partial charge in [0.15, 0.2) is 0 Å². The van der Waals surface area contributed by atoms with Crippen molar-refractivity contribution in [2.75, 3.05) is 19.8 Å². The molecule has 0 bridgehead atoms. The number of rotatable bonds is 6. The molecule has 5 nitrogen and oxygen atoms in total. The summed E-state index contributed by atoms with van der Waals surface area (Å²) in [6, 6.07) is 0. The van der Waals surface area contributed by atoms with Crippen molar-refractivity contribution in [1.82, 2.24) is 5.32 Å². The number of hydrogen-bond donors (Lipinski definition) is 2. The predicted octanol–water partition coefficient (Wildman–Crippen LogP) is 1.67. The van der Waals surface area contributed by atoms with E-state index >= 15 is 0 Å². The summed E-state index contributed by atoms with van der Waals surface area (Å²) in [6.07, 6.45) is 2.24. The molecule has 1 saturated heterocycles. The number of carboxylic acid groups (broad SMARTS) is 1. The molecule has 1 rings (SSSR count). The van der Waals surface area contributed by atoms with Crippen LogP contribution in [0.3, 0.4) is 0 Å². The van der Waals surface area contributed by atoms with Crippen molar-refractivity contribution in [2.24, 2.45) is 17.3 Å². The van der Waals surface area contributed by atoms with Gasteiger partial charge in [-0.3, -0.25) is 9.59 Å². The highest BCUT2D eigenvalue weighted by molar-refractivity contribution is 5.82. The molecule has 5 heteroatoms. The lowest BCUT2D eigenvalue weighted by Gasteiger charge is -2.29. The van der Waals surface area contributed by atoms with Crippen molar-refractivity contribution >= 4 is 11.9 Å². The average Bonchev–Trinajstić information content (AvgIpc) is 2.39. The second-order valence-electron chi connectivity index (χ2n) is 5.84. The maximum Gasteiger partial charge on any atom is 0.308 e. The number of aliphatic carboxylic acids is 1. The molecule has 110 valence electrons. The third-order valence-electron chi connectivity index (χ3n) is 4.13. The van der Waals surface area contributed by atoms with Gasteiger partial charge >= 0.3 is 5.97 Å². The van der Waals surface area contributed by atoms with E-state index in [9.17, 15) is 14.7 Å². The van der Waals surface area contributed by atoms with Crippen LogP contribution in [-0.2, 0) is 14.3 Å². The molecule has 0 radical (unpaired) electrons. The molecule has 0 spiro atoms. The Morgan fingerprint density at radius 3 is 2.42 bits per heavy atom. The monoisotopic (exact) mass is 271 g/mol. The smallest absolute Gasteiger partial charge is 0.308 e. The fourth-order valence-corrected chi connectivity index (χ4v) is 2.18. The first-order valence-electron chi connectivity index (χ1n) is 6.97. The highest BCUT2D eigenvalue weighted by Gasteiger charge is 2.32. The van der Waals surface area contributed by atoms with Crippen LogP contribution >= 0.6 is 0 Å². The first kappa shape index (κ1) is 16.0. The van der Waals surface area contributed by atoms with Gasteiger partial charge in [-0.05, 0) is 25.2 Å². The van der Waals surface area contributed by atoms with E-state index in [0.29, 0.717) is 13.2 Å². The van der Waals surface area contributed by atoms with Gasteiger partial charge in [0.1, 0.15) is 0 Å².